The second kappa shape index (κ2) is 5.01. The minimum Gasteiger partial charge on any atom is -0.396 e. The molecule has 17 heavy (non-hydrogen) atoms. The van der Waals surface area contributed by atoms with Gasteiger partial charge in [0.05, 0.1) is 10.6 Å². The van der Waals surface area contributed by atoms with Crippen molar-refractivity contribution in [3.05, 3.63) is 23.5 Å². The van der Waals surface area contributed by atoms with E-state index in [1.54, 1.807) is 6.92 Å². The van der Waals surface area contributed by atoms with E-state index in [-0.39, 0.29) is 16.6 Å². The van der Waals surface area contributed by atoms with Gasteiger partial charge in [-0.1, -0.05) is 6.92 Å². The van der Waals surface area contributed by atoms with Gasteiger partial charge in [0.15, 0.2) is 0 Å². The number of nitrogens with one attached hydrogen (secondary N) is 1. The SMILES string of the molecule is CCC(C)NS(=O)(=O)c1cc(N)c(F)cc1C. The largest absolute Gasteiger partial charge is 0.396 e. The van der Waals surface area contributed by atoms with Gasteiger partial charge in [-0.25, -0.2) is 17.5 Å². The third-order valence-electron chi connectivity index (χ3n) is 2.55. The predicted octanol–water partition coefficient (Wildman–Crippen LogP) is 1.79. The van der Waals surface area contributed by atoms with Gasteiger partial charge in [-0.2, -0.15) is 0 Å². The summed E-state index contributed by atoms with van der Waals surface area (Å²) in [6.45, 7) is 5.17. The lowest BCUT2D eigenvalue weighted by atomic mass is 10.2. The van der Waals surface area contributed by atoms with Gasteiger partial charge in [0.1, 0.15) is 5.82 Å². The van der Waals surface area contributed by atoms with E-state index >= 15 is 0 Å². The van der Waals surface area contributed by atoms with Crippen LogP contribution in [0, 0.1) is 12.7 Å². The first kappa shape index (κ1) is 13.9. The molecule has 96 valence electrons. The Kier molecular flexibility index (Phi) is 4.11. The number of nitrogens with two attached hydrogens (primary N) is 1. The summed E-state index contributed by atoms with van der Waals surface area (Å²) in [5.41, 5.74) is 5.56. The Hall–Kier alpha value is -1.14. The quantitative estimate of drug-likeness (QED) is 0.811. The third kappa shape index (κ3) is 3.17. The number of hydrogen-bond acceptors (Lipinski definition) is 3. The lowest BCUT2D eigenvalue weighted by Crippen LogP contribution is -2.32. The van der Waals surface area contributed by atoms with Crippen LogP contribution in [-0.2, 0) is 10.0 Å². The summed E-state index contributed by atoms with van der Waals surface area (Å²) in [6.07, 6.45) is 0.676. The van der Waals surface area contributed by atoms with E-state index in [9.17, 15) is 12.8 Å². The molecule has 0 saturated heterocycles. The number of benzene rings is 1. The molecule has 6 heteroatoms. The molecule has 0 fully saturated rings. The minimum absolute atomic E-state index is 0.0247. The first-order valence-electron chi connectivity index (χ1n) is 5.36. The second-order valence-electron chi connectivity index (χ2n) is 4.07. The van der Waals surface area contributed by atoms with Crippen molar-refractivity contribution >= 4 is 15.7 Å². The van der Waals surface area contributed by atoms with Crippen molar-refractivity contribution in [2.24, 2.45) is 0 Å². The number of sulfonamides is 1. The first-order valence-corrected chi connectivity index (χ1v) is 6.84. The Morgan fingerprint density at radius 3 is 2.59 bits per heavy atom. The Morgan fingerprint density at radius 2 is 2.06 bits per heavy atom. The normalized spacial score (nSPS) is 13.6. The molecule has 0 aliphatic rings. The van der Waals surface area contributed by atoms with Crippen LogP contribution < -0.4 is 10.5 Å². The van der Waals surface area contributed by atoms with Gasteiger partial charge < -0.3 is 5.73 Å². The van der Waals surface area contributed by atoms with Crippen LogP contribution in [-0.4, -0.2) is 14.5 Å². The smallest absolute Gasteiger partial charge is 0.241 e. The zero-order valence-corrected chi connectivity index (χ0v) is 10.9. The van der Waals surface area contributed by atoms with Crippen LogP contribution >= 0.6 is 0 Å². The molecule has 3 N–H and O–H groups in total. The molecule has 1 aromatic carbocycles. The molecule has 0 aliphatic carbocycles. The highest BCUT2D eigenvalue weighted by atomic mass is 32.2. The zero-order valence-electron chi connectivity index (χ0n) is 10.1. The average molecular weight is 260 g/mol. The summed E-state index contributed by atoms with van der Waals surface area (Å²) in [4.78, 5) is 0.0247. The van der Waals surface area contributed by atoms with E-state index in [0.717, 1.165) is 12.1 Å². The second-order valence-corrected chi connectivity index (χ2v) is 5.75. The van der Waals surface area contributed by atoms with Crippen LogP contribution in [0.25, 0.3) is 0 Å². The number of rotatable bonds is 4. The van der Waals surface area contributed by atoms with Crippen LogP contribution in [0.15, 0.2) is 17.0 Å². The van der Waals surface area contributed by atoms with E-state index in [1.807, 2.05) is 6.92 Å². The van der Waals surface area contributed by atoms with E-state index in [1.165, 1.54) is 6.92 Å². The van der Waals surface area contributed by atoms with Crippen molar-refractivity contribution in [2.45, 2.75) is 38.1 Å². The minimum atomic E-state index is -3.64. The van der Waals surface area contributed by atoms with Crippen molar-refractivity contribution in [3.63, 3.8) is 0 Å². The lowest BCUT2D eigenvalue weighted by Gasteiger charge is -2.14. The van der Waals surface area contributed by atoms with Gasteiger partial charge in [-0.15, -0.1) is 0 Å². The Labute approximate surface area is 101 Å². The van der Waals surface area contributed by atoms with Crippen LogP contribution in [0.5, 0.6) is 0 Å². The van der Waals surface area contributed by atoms with Crippen molar-refractivity contribution in [1.82, 2.24) is 4.72 Å². The Bertz CT molecular complexity index is 514. The summed E-state index contributed by atoms with van der Waals surface area (Å²) in [5.74, 6) is -0.606. The molecule has 4 nitrogen and oxygen atoms in total. The summed E-state index contributed by atoms with van der Waals surface area (Å²) < 4.78 is 39.6. The number of halogens is 1. The number of aryl methyl sites for hydroxylation is 1. The van der Waals surface area contributed by atoms with Crippen molar-refractivity contribution < 1.29 is 12.8 Å². The van der Waals surface area contributed by atoms with Crippen LogP contribution in [0.2, 0.25) is 0 Å². The maximum Gasteiger partial charge on any atom is 0.241 e. The average Bonchev–Trinajstić information content (AvgIpc) is 2.22. The monoisotopic (exact) mass is 260 g/mol. The van der Waals surface area contributed by atoms with Crippen LogP contribution in [0.3, 0.4) is 0 Å². The molecule has 0 radical (unpaired) electrons. The van der Waals surface area contributed by atoms with Gasteiger partial charge in [0, 0.05) is 6.04 Å². The standard InChI is InChI=1S/C11H17FN2O2S/c1-4-8(3)14-17(15,16)11-6-10(13)9(12)5-7(11)2/h5-6,8,14H,4,13H2,1-3H3. The van der Waals surface area contributed by atoms with Crippen molar-refractivity contribution in [1.29, 1.82) is 0 Å². The van der Waals surface area contributed by atoms with Gasteiger partial charge in [0.2, 0.25) is 10.0 Å². The molecule has 0 bridgehead atoms. The van der Waals surface area contributed by atoms with Crippen LogP contribution in [0.1, 0.15) is 25.8 Å². The van der Waals surface area contributed by atoms with E-state index in [0.29, 0.717) is 12.0 Å². The molecule has 1 unspecified atom stereocenters. The number of hydrogen-bond donors (Lipinski definition) is 2. The molecule has 1 aromatic rings. The molecule has 1 rings (SSSR count). The predicted molar refractivity (Wildman–Crippen MR) is 65.6 cm³/mol. The van der Waals surface area contributed by atoms with Crippen LogP contribution in [0.4, 0.5) is 10.1 Å². The molecular weight excluding hydrogens is 243 g/mol. The molecule has 0 aromatic heterocycles. The zero-order chi connectivity index (χ0) is 13.2. The highest BCUT2D eigenvalue weighted by Gasteiger charge is 2.20. The van der Waals surface area contributed by atoms with Crippen molar-refractivity contribution in [2.75, 3.05) is 5.73 Å². The molecular formula is C11H17FN2O2S. The molecule has 0 heterocycles. The van der Waals surface area contributed by atoms with Crippen molar-refractivity contribution in [3.8, 4) is 0 Å². The summed E-state index contributed by atoms with van der Waals surface area (Å²) >= 11 is 0. The van der Waals surface area contributed by atoms with E-state index < -0.39 is 15.8 Å². The van der Waals surface area contributed by atoms with Gasteiger partial charge in [0.25, 0.3) is 0 Å². The fourth-order valence-electron chi connectivity index (χ4n) is 1.37. The highest BCUT2D eigenvalue weighted by Crippen LogP contribution is 2.21. The van der Waals surface area contributed by atoms with Gasteiger partial charge in [-0.3, -0.25) is 0 Å². The lowest BCUT2D eigenvalue weighted by molar-refractivity contribution is 0.555. The van der Waals surface area contributed by atoms with Gasteiger partial charge in [-0.05, 0) is 38.0 Å². The van der Waals surface area contributed by atoms with Gasteiger partial charge >= 0.3 is 0 Å². The molecule has 0 amide bonds. The third-order valence-corrected chi connectivity index (χ3v) is 4.28. The molecule has 1 atom stereocenters. The summed E-state index contributed by atoms with van der Waals surface area (Å²) in [5, 5.41) is 0. The number of anilines is 1. The summed E-state index contributed by atoms with van der Waals surface area (Å²) in [7, 11) is -3.64. The number of nitrogen functional groups attached to an aromatic ring is 1. The summed E-state index contributed by atoms with van der Waals surface area (Å²) in [6, 6.07) is 2.10. The fraction of sp³-hybridized carbons (Fsp3) is 0.455. The highest BCUT2D eigenvalue weighted by molar-refractivity contribution is 7.89. The molecule has 0 aliphatic heterocycles. The Morgan fingerprint density at radius 1 is 1.47 bits per heavy atom. The molecule has 0 spiro atoms. The molecule has 0 saturated carbocycles. The first-order chi connectivity index (χ1) is 7.77. The topological polar surface area (TPSA) is 72.2 Å². The fourth-order valence-corrected chi connectivity index (χ4v) is 2.96. The maximum atomic E-state index is 13.1. The van der Waals surface area contributed by atoms with E-state index in [4.69, 9.17) is 5.73 Å². The van der Waals surface area contributed by atoms with E-state index in [2.05, 4.69) is 4.72 Å². The maximum absolute atomic E-state index is 13.1. The Balaban J connectivity index is 3.20.